The molecule has 1 aliphatic heterocycles. The normalized spacial score (nSPS) is 19.1. The van der Waals surface area contributed by atoms with E-state index in [2.05, 4.69) is 0 Å². The minimum absolute atomic E-state index is 0.0255. The molecular formula is C9H14F3NO2. The molecule has 15 heavy (non-hydrogen) atoms. The van der Waals surface area contributed by atoms with Crippen molar-refractivity contribution >= 4 is 6.09 Å². The number of hydrogen-bond acceptors (Lipinski definition) is 2. The molecule has 6 heteroatoms. The van der Waals surface area contributed by atoms with Crippen molar-refractivity contribution < 1.29 is 22.7 Å². The summed E-state index contributed by atoms with van der Waals surface area (Å²) in [6.45, 7) is 2.17. The van der Waals surface area contributed by atoms with Gasteiger partial charge in [-0.05, 0) is 19.8 Å². The first kappa shape index (κ1) is 12.1. The average Bonchev–Trinajstić information content (AvgIpc) is 2.17. The predicted octanol–water partition coefficient (Wildman–Crippen LogP) is 2.42. The molecule has 0 bridgehead atoms. The maximum atomic E-state index is 12.3. The Morgan fingerprint density at radius 1 is 1.40 bits per heavy atom. The number of carbonyl (C=O) groups excluding carboxylic acids is 1. The summed E-state index contributed by atoms with van der Waals surface area (Å²) in [5, 5.41) is 0. The van der Waals surface area contributed by atoms with Gasteiger partial charge in [0.25, 0.3) is 0 Å². The number of likely N-dealkylation sites (tertiary alicyclic amines) is 1. The van der Waals surface area contributed by atoms with Crippen LogP contribution in [0.15, 0.2) is 0 Å². The third-order valence-electron chi connectivity index (χ3n) is 2.48. The summed E-state index contributed by atoms with van der Waals surface area (Å²) in [4.78, 5) is 12.5. The van der Waals surface area contributed by atoms with Crippen molar-refractivity contribution in [1.29, 1.82) is 0 Å². The molecule has 1 aliphatic rings. The second-order valence-electron chi connectivity index (χ2n) is 3.50. The van der Waals surface area contributed by atoms with Gasteiger partial charge in [0.15, 0.2) is 0 Å². The fraction of sp³-hybridized carbons (Fsp3) is 0.889. The molecule has 0 radical (unpaired) electrons. The smallest absolute Gasteiger partial charge is 0.409 e. The Kier molecular flexibility index (Phi) is 3.82. The topological polar surface area (TPSA) is 29.5 Å². The summed E-state index contributed by atoms with van der Waals surface area (Å²) < 4.78 is 41.6. The van der Waals surface area contributed by atoms with Gasteiger partial charge in [0.05, 0.1) is 12.5 Å². The van der Waals surface area contributed by atoms with E-state index >= 15 is 0 Å². The Morgan fingerprint density at radius 2 is 1.93 bits per heavy atom. The molecule has 0 atom stereocenters. The van der Waals surface area contributed by atoms with Crippen LogP contribution in [0.5, 0.6) is 0 Å². The van der Waals surface area contributed by atoms with Crippen LogP contribution in [0.2, 0.25) is 0 Å². The predicted molar refractivity (Wildman–Crippen MR) is 47.4 cm³/mol. The maximum absolute atomic E-state index is 12.3. The zero-order valence-electron chi connectivity index (χ0n) is 8.51. The molecular weight excluding hydrogens is 211 g/mol. The lowest BCUT2D eigenvalue weighted by Crippen LogP contribution is -2.42. The number of nitrogens with zero attached hydrogens (tertiary/aromatic N) is 1. The van der Waals surface area contributed by atoms with Crippen LogP contribution in [-0.4, -0.2) is 36.9 Å². The summed E-state index contributed by atoms with van der Waals surface area (Å²) in [5.74, 6) is -1.27. The molecule has 0 aromatic heterocycles. The second kappa shape index (κ2) is 4.72. The van der Waals surface area contributed by atoms with E-state index < -0.39 is 18.2 Å². The first-order chi connectivity index (χ1) is 6.95. The number of amides is 1. The number of halogens is 3. The molecule has 0 spiro atoms. The van der Waals surface area contributed by atoms with Crippen LogP contribution in [0.1, 0.15) is 19.8 Å². The van der Waals surface area contributed by atoms with Gasteiger partial charge < -0.3 is 9.64 Å². The Bertz CT molecular complexity index is 222. The molecule has 1 amide bonds. The Morgan fingerprint density at radius 3 is 2.33 bits per heavy atom. The molecule has 0 aliphatic carbocycles. The highest BCUT2D eigenvalue weighted by Crippen LogP contribution is 2.34. The molecule has 0 unspecified atom stereocenters. The van der Waals surface area contributed by atoms with Gasteiger partial charge in [-0.2, -0.15) is 13.2 Å². The minimum atomic E-state index is -4.14. The molecule has 0 aromatic rings. The monoisotopic (exact) mass is 225 g/mol. The number of piperidine rings is 1. The molecule has 0 N–H and O–H groups in total. The zero-order valence-corrected chi connectivity index (χ0v) is 8.51. The van der Waals surface area contributed by atoms with E-state index in [4.69, 9.17) is 4.74 Å². The molecule has 0 aromatic carbocycles. The molecule has 3 nitrogen and oxygen atoms in total. The van der Waals surface area contributed by atoms with Gasteiger partial charge in [0.2, 0.25) is 0 Å². The SMILES string of the molecule is CCOC(=O)N1CCC(C(F)(F)F)CC1. The quantitative estimate of drug-likeness (QED) is 0.685. The van der Waals surface area contributed by atoms with Crippen molar-refractivity contribution in [3.05, 3.63) is 0 Å². The van der Waals surface area contributed by atoms with E-state index in [0.717, 1.165) is 0 Å². The van der Waals surface area contributed by atoms with Gasteiger partial charge in [0, 0.05) is 13.1 Å². The van der Waals surface area contributed by atoms with Crippen LogP contribution in [0.4, 0.5) is 18.0 Å². The molecule has 0 saturated carbocycles. The third-order valence-corrected chi connectivity index (χ3v) is 2.48. The summed E-state index contributed by atoms with van der Waals surface area (Å²) in [5.41, 5.74) is 0. The first-order valence-corrected chi connectivity index (χ1v) is 4.93. The third kappa shape index (κ3) is 3.28. The van der Waals surface area contributed by atoms with Gasteiger partial charge in [-0.25, -0.2) is 4.79 Å². The Balaban J connectivity index is 2.39. The average molecular weight is 225 g/mol. The van der Waals surface area contributed by atoms with Gasteiger partial charge in [0.1, 0.15) is 0 Å². The molecule has 1 saturated heterocycles. The van der Waals surface area contributed by atoms with Crippen LogP contribution in [0.25, 0.3) is 0 Å². The van der Waals surface area contributed by atoms with E-state index in [9.17, 15) is 18.0 Å². The number of hydrogen-bond donors (Lipinski definition) is 0. The van der Waals surface area contributed by atoms with E-state index in [1.54, 1.807) is 6.92 Å². The van der Waals surface area contributed by atoms with Gasteiger partial charge >= 0.3 is 12.3 Å². The van der Waals surface area contributed by atoms with Crippen molar-refractivity contribution in [2.24, 2.45) is 5.92 Å². The van der Waals surface area contributed by atoms with Gasteiger partial charge in [-0.15, -0.1) is 0 Å². The van der Waals surface area contributed by atoms with Crippen molar-refractivity contribution in [2.75, 3.05) is 19.7 Å². The second-order valence-corrected chi connectivity index (χ2v) is 3.50. The van der Waals surface area contributed by atoms with Gasteiger partial charge in [-0.1, -0.05) is 0 Å². The van der Waals surface area contributed by atoms with E-state index in [-0.39, 0.29) is 32.5 Å². The lowest BCUT2D eigenvalue weighted by molar-refractivity contribution is -0.184. The molecule has 1 heterocycles. The van der Waals surface area contributed by atoms with Crippen LogP contribution >= 0.6 is 0 Å². The fourth-order valence-corrected chi connectivity index (χ4v) is 1.60. The maximum Gasteiger partial charge on any atom is 0.409 e. The van der Waals surface area contributed by atoms with Crippen molar-refractivity contribution in [2.45, 2.75) is 25.9 Å². The zero-order chi connectivity index (χ0) is 11.5. The Labute approximate surface area is 86.2 Å². The van der Waals surface area contributed by atoms with Crippen LogP contribution < -0.4 is 0 Å². The Hall–Kier alpha value is -0.940. The van der Waals surface area contributed by atoms with Crippen molar-refractivity contribution in [1.82, 2.24) is 4.90 Å². The van der Waals surface area contributed by atoms with E-state index in [1.807, 2.05) is 0 Å². The number of ether oxygens (including phenoxy) is 1. The summed E-state index contributed by atoms with van der Waals surface area (Å²) in [6, 6.07) is 0. The van der Waals surface area contributed by atoms with Crippen molar-refractivity contribution in [3.63, 3.8) is 0 Å². The highest BCUT2D eigenvalue weighted by molar-refractivity contribution is 5.67. The van der Waals surface area contributed by atoms with E-state index in [1.165, 1.54) is 4.90 Å². The standard InChI is InChI=1S/C9H14F3NO2/c1-2-15-8(14)13-5-3-7(4-6-13)9(10,11)12/h7H,2-6H2,1H3. The minimum Gasteiger partial charge on any atom is -0.450 e. The highest BCUT2D eigenvalue weighted by Gasteiger charge is 2.41. The van der Waals surface area contributed by atoms with Crippen LogP contribution in [-0.2, 0) is 4.74 Å². The first-order valence-electron chi connectivity index (χ1n) is 4.93. The summed E-state index contributed by atoms with van der Waals surface area (Å²) >= 11 is 0. The number of alkyl halides is 3. The summed E-state index contributed by atoms with van der Waals surface area (Å²) in [6.07, 6.45) is -4.70. The lowest BCUT2D eigenvalue weighted by atomic mass is 9.97. The van der Waals surface area contributed by atoms with Crippen molar-refractivity contribution in [3.8, 4) is 0 Å². The van der Waals surface area contributed by atoms with E-state index in [0.29, 0.717) is 0 Å². The molecule has 1 fully saturated rings. The summed E-state index contributed by atoms with van der Waals surface area (Å²) in [7, 11) is 0. The van der Waals surface area contributed by atoms with Crippen LogP contribution in [0.3, 0.4) is 0 Å². The van der Waals surface area contributed by atoms with Gasteiger partial charge in [-0.3, -0.25) is 0 Å². The number of carbonyl (C=O) groups is 1. The largest absolute Gasteiger partial charge is 0.450 e. The van der Waals surface area contributed by atoms with Crippen LogP contribution in [0, 0.1) is 5.92 Å². The number of rotatable bonds is 1. The highest BCUT2D eigenvalue weighted by atomic mass is 19.4. The lowest BCUT2D eigenvalue weighted by Gasteiger charge is -2.32. The fourth-order valence-electron chi connectivity index (χ4n) is 1.60. The molecule has 1 rings (SSSR count). The molecule has 88 valence electrons.